The monoisotopic (exact) mass is 277 g/mol. The summed E-state index contributed by atoms with van der Waals surface area (Å²) < 4.78 is 5.67. The molecule has 110 valence electrons. The maximum Gasteiger partial charge on any atom is 0.303 e. The first kappa shape index (κ1) is 14.9. The maximum absolute atomic E-state index is 10.6. The predicted molar refractivity (Wildman–Crippen MR) is 78.0 cm³/mol. The number of benzene rings is 1. The molecule has 0 aliphatic carbocycles. The summed E-state index contributed by atoms with van der Waals surface area (Å²) in [5.74, 6) is 0.800. The van der Waals surface area contributed by atoms with Crippen LogP contribution >= 0.6 is 0 Å². The molecule has 2 rings (SSSR count). The number of para-hydroxylation sites is 1. The SMILES string of the molecule is O=C(O)CCC1CCN(CCCOc2ccccc2)C1. The van der Waals surface area contributed by atoms with Gasteiger partial charge >= 0.3 is 5.97 Å². The molecule has 0 aromatic heterocycles. The Morgan fingerprint density at radius 1 is 1.35 bits per heavy atom. The van der Waals surface area contributed by atoms with Crippen molar-refractivity contribution in [1.82, 2.24) is 4.90 Å². The Kier molecular flexibility index (Phi) is 5.87. The lowest BCUT2D eigenvalue weighted by molar-refractivity contribution is -0.137. The summed E-state index contributed by atoms with van der Waals surface area (Å²) >= 11 is 0. The molecule has 0 saturated carbocycles. The standard InChI is InChI=1S/C16H23NO3/c18-16(19)8-7-14-9-11-17(13-14)10-4-12-20-15-5-2-1-3-6-15/h1-3,5-6,14H,4,7-13H2,(H,18,19). The summed E-state index contributed by atoms with van der Waals surface area (Å²) in [7, 11) is 0. The smallest absolute Gasteiger partial charge is 0.303 e. The van der Waals surface area contributed by atoms with Gasteiger partial charge in [0.1, 0.15) is 5.75 Å². The van der Waals surface area contributed by atoms with E-state index in [0.29, 0.717) is 12.3 Å². The van der Waals surface area contributed by atoms with Crippen LogP contribution in [0, 0.1) is 5.92 Å². The second kappa shape index (κ2) is 7.90. The first-order valence-corrected chi connectivity index (χ1v) is 7.36. The third kappa shape index (κ3) is 5.21. The van der Waals surface area contributed by atoms with Crippen molar-refractivity contribution in [2.45, 2.75) is 25.7 Å². The minimum absolute atomic E-state index is 0.301. The van der Waals surface area contributed by atoms with Crippen molar-refractivity contribution in [3.63, 3.8) is 0 Å². The van der Waals surface area contributed by atoms with Crippen LogP contribution in [-0.4, -0.2) is 42.2 Å². The Balaban J connectivity index is 1.56. The van der Waals surface area contributed by atoms with E-state index in [0.717, 1.165) is 51.3 Å². The molecular formula is C16H23NO3. The first-order valence-electron chi connectivity index (χ1n) is 7.36. The van der Waals surface area contributed by atoms with Crippen molar-refractivity contribution in [3.05, 3.63) is 30.3 Å². The van der Waals surface area contributed by atoms with Crippen molar-refractivity contribution >= 4 is 5.97 Å². The second-order valence-corrected chi connectivity index (χ2v) is 5.40. The van der Waals surface area contributed by atoms with Crippen molar-refractivity contribution in [1.29, 1.82) is 0 Å². The number of rotatable bonds is 8. The fourth-order valence-electron chi connectivity index (χ4n) is 2.67. The van der Waals surface area contributed by atoms with Gasteiger partial charge in [-0.25, -0.2) is 0 Å². The van der Waals surface area contributed by atoms with Gasteiger partial charge in [0, 0.05) is 19.5 Å². The molecule has 0 bridgehead atoms. The van der Waals surface area contributed by atoms with E-state index in [1.54, 1.807) is 0 Å². The van der Waals surface area contributed by atoms with E-state index >= 15 is 0 Å². The van der Waals surface area contributed by atoms with Gasteiger partial charge in [-0.1, -0.05) is 18.2 Å². The van der Waals surface area contributed by atoms with Crippen molar-refractivity contribution in [2.75, 3.05) is 26.2 Å². The van der Waals surface area contributed by atoms with Gasteiger partial charge < -0.3 is 14.7 Å². The Labute approximate surface area is 120 Å². The average molecular weight is 277 g/mol. The van der Waals surface area contributed by atoms with Crippen LogP contribution in [0.2, 0.25) is 0 Å². The molecule has 4 heteroatoms. The minimum atomic E-state index is -0.681. The van der Waals surface area contributed by atoms with Crippen LogP contribution in [0.5, 0.6) is 5.75 Å². The number of nitrogens with zero attached hydrogens (tertiary/aromatic N) is 1. The quantitative estimate of drug-likeness (QED) is 0.742. The molecule has 1 aliphatic rings. The number of carboxylic acid groups (broad SMARTS) is 1. The Morgan fingerprint density at radius 3 is 2.90 bits per heavy atom. The topological polar surface area (TPSA) is 49.8 Å². The fourth-order valence-corrected chi connectivity index (χ4v) is 2.67. The van der Waals surface area contributed by atoms with E-state index in [1.807, 2.05) is 30.3 Å². The number of likely N-dealkylation sites (tertiary alicyclic amines) is 1. The van der Waals surface area contributed by atoms with E-state index in [9.17, 15) is 4.79 Å². The molecule has 0 spiro atoms. The lowest BCUT2D eigenvalue weighted by atomic mass is 10.0. The zero-order valence-electron chi connectivity index (χ0n) is 11.8. The summed E-state index contributed by atoms with van der Waals surface area (Å²) in [5, 5.41) is 8.69. The zero-order chi connectivity index (χ0) is 14.2. The van der Waals surface area contributed by atoms with E-state index in [1.165, 1.54) is 0 Å². The van der Waals surface area contributed by atoms with E-state index in [2.05, 4.69) is 4.90 Å². The highest BCUT2D eigenvalue weighted by Crippen LogP contribution is 2.21. The molecule has 20 heavy (non-hydrogen) atoms. The van der Waals surface area contributed by atoms with Gasteiger partial charge in [0.15, 0.2) is 0 Å². The van der Waals surface area contributed by atoms with Gasteiger partial charge in [-0.3, -0.25) is 4.79 Å². The van der Waals surface area contributed by atoms with Crippen molar-refractivity contribution in [3.8, 4) is 5.75 Å². The van der Waals surface area contributed by atoms with Gasteiger partial charge in [0.05, 0.1) is 6.61 Å². The average Bonchev–Trinajstić information content (AvgIpc) is 2.90. The Hall–Kier alpha value is -1.55. The van der Waals surface area contributed by atoms with Crippen LogP contribution in [-0.2, 0) is 4.79 Å². The highest BCUT2D eigenvalue weighted by Gasteiger charge is 2.22. The number of carboxylic acids is 1. The number of hydrogen-bond acceptors (Lipinski definition) is 3. The van der Waals surface area contributed by atoms with E-state index in [-0.39, 0.29) is 0 Å². The number of aliphatic carboxylic acids is 1. The molecule has 1 fully saturated rings. The normalized spacial score (nSPS) is 19.1. The number of ether oxygens (including phenoxy) is 1. The van der Waals surface area contributed by atoms with E-state index < -0.39 is 5.97 Å². The van der Waals surface area contributed by atoms with E-state index in [4.69, 9.17) is 9.84 Å². The van der Waals surface area contributed by atoms with Crippen LogP contribution in [0.15, 0.2) is 30.3 Å². The van der Waals surface area contributed by atoms with Crippen molar-refractivity contribution < 1.29 is 14.6 Å². The summed E-state index contributed by atoms with van der Waals surface area (Å²) in [6.07, 6.45) is 3.26. The molecule has 1 aliphatic heterocycles. The lowest BCUT2D eigenvalue weighted by Crippen LogP contribution is -2.23. The lowest BCUT2D eigenvalue weighted by Gasteiger charge is -2.16. The van der Waals surface area contributed by atoms with Gasteiger partial charge in [0.2, 0.25) is 0 Å². The summed E-state index contributed by atoms with van der Waals surface area (Å²) in [6, 6.07) is 9.87. The van der Waals surface area contributed by atoms with Crippen LogP contribution < -0.4 is 4.74 Å². The number of hydrogen-bond donors (Lipinski definition) is 1. The maximum atomic E-state index is 10.6. The highest BCUT2D eigenvalue weighted by atomic mass is 16.5. The molecule has 1 atom stereocenters. The van der Waals surface area contributed by atoms with Gasteiger partial charge in [-0.15, -0.1) is 0 Å². The zero-order valence-corrected chi connectivity index (χ0v) is 11.8. The Bertz CT molecular complexity index is 407. The van der Waals surface area contributed by atoms with Gasteiger partial charge in [0.25, 0.3) is 0 Å². The molecule has 1 aromatic carbocycles. The molecule has 4 nitrogen and oxygen atoms in total. The third-order valence-corrected chi connectivity index (χ3v) is 3.77. The Morgan fingerprint density at radius 2 is 2.15 bits per heavy atom. The highest BCUT2D eigenvalue weighted by molar-refractivity contribution is 5.66. The van der Waals surface area contributed by atoms with Crippen LogP contribution in [0.25, 0.3) is 0 Å². The predicted octanol–water partition coefficient (Wildman–Crippen LogP) is 2.64. The number of carbonyl (C=O) groups is 1. The third-order valence-electron chi connectivity index (χ3n) is 3.77. The summed E-state index contributed by atoms with van der Waals surface area (Å²) in [6.45, 7) is 3.91. The van der Waals surface area contributed by atoms with Gasteiger partial charge in [-0.05, 0) is 43.9 Å². The molecule has 1 N–H and O–H groups in total. The summed E-state index contributed by atoms with van der Waals surface area (Å²) in [5.41, 5.74) is 0. The molecule has 1 unspecified atom stereocenters. The molecular weight excluding hydrogens is 254 g/mol. The van der Waals surface area contributed by atoms with Crippen molar-refractivity contribution in [2.24, 2.45) is 5.92 Å². The minimum Gasteiger partial charge on any atom is -0.494 e. The van der Waals surface area contributed by atoms with Crippen LogP contribution in [0.1, 0.15) is 25.7 Å². The molecule has 0 radical (unpaired) electrons. The second-order valence-electron chi connectivity index (χ2n) is 5.40. The molecule has 0 amide bonds. The molecule has 1 heterocycles. The molecule has 1 aromatic rings. The van der Waals surface area contributed by atoms with Crippen LogP contribution in [0.4, 0.5) is 0 Å². The van der Waals surface area contributed by atoms with Gasteiger partial charge in [-0.2, -0.15) is 0 Å². The molecule has 1 saturated heterocycles. The van der Waals surface area contributed by atoms with Crippen LogP contribution in [0.3, 0.4) is 0 Å². The largest absolute Gasteiger partial charge is 0.494 e. The first-order chi connectivity index (χ1) is 9.74. The summed E-state index contributed by atoms with van der Waals surface area (Å²) in [4.78, 5) is 13.0. The fraction of sp³-hybridized carbons (Fsp3) is 0.562.